The van der Waals surface area contributed by atoms with Gasteiger partial charge in [0.15, 0.2) is 5.78 Å². The van der Waals surface area contributed by atoms with E-state index in [1.165, 1.54) is 23.6 Å². The summed E-state index contributed by atoms with van der Waals surface area (Å²) in [6.45, 7) is 0. The van der Waals surface area contributed by atoms with Gasteiger partial charge in [-0.05, 0) is 64.0 Å². The van der Waals surface area contributed by atoms with Crippen molar-refractivity contribution in [2.75, 3.05) is 0 Å². The standard InChI is InChI=1S/C17H14BrFO/c18-17-14(5-2-6-15(17)19)10-16(20)13-8-7-11-3-1-4-12(11)9-13/h2,5-9H,1,3-4,10H2. The molecule has 0 amide bonds. The third kappa shape index (κ3) is 2.55. The molecule has 0 radical (unpaired) electrons. The molecule has 0 heterocycles. The van der Waals surface area contributed by atoms with E-state index >= 15 is 0 Å². The van der Waals surface area contributed by atoms with Gasteiger partial charge in [0, 0.05) is 12.0 Å². The van der Waals surface area contributed by atoms with E-state index in [2.05, 4.69) is 22.0 Å². The van der Waals surface area contributed by atoms with Crippen molar-refractivity contribution in [2.45, 2.75) is 25.7 Å². The van der Waals surface area contributed by atoms with Crippen LogP contribution in [0.4, 0.5) is 4.39 Å². The molecular weight excluding hydrogens is 319 g/mol. The van der Waals surface area contributed by atoms with Crippen molar-refractivity contribution in [1.82, 2.24) is 0 Å². The Hall–Kier alpha value is -1.48. The first kappa shape index (κ1) is 13.5. The Bertz CT molecular complexity index is 679. The number of ketones is 1. The molecule has 0 saturated carbocycles. The molecule has 0 fully saturated rings. The number of aryl methyl sites for hydroxylation is 2. The predicted octanol–water partition coefficient (Wildman–Crippen LogP) is 4.50. The second kappa shape index (κ2) is 5.49. The van der Waals surface area contributed by atoms with E-state index in [4.69, 9.17) is 0 Å². The summed E-state index contributed by atoms with van der Waals surface area (Å²) >= 11 is 3.20. The van der Waals surface area contributed by atoms with Crippen LogP contribution in [0.1, 0.15) is 33.5 Å². The van der Waals surface area contributed by atoms with Crippen molar-refractivity contribution in [3.05, 3.63) is 68.9 Å². The summed E-state index contributed by atoms with van der Waals surface area (Å²) in [6, 6.07) is 10.7. The number of carbonyl (C=O) groups is 1. The van der Waals surface area contributed by atoms with E-state index in [1.807, 2.05) is 12.1 Å². The average molecular weight is 333 g/mol. The summed E-state index contributed by atoms with van der Waals surface area (Å²) in [5, 5.41) is 0. The molecule has 0 aliphatic heterocycles. The maximum Gasteiger partial charge on any atom is 0.167 e. The Balaban J connectivity index is 1.84. The van der Waals surface area contributed by atoms with Gasteiger partial charge in [0.2, 0.25) is 0 Å². The minimum absolute atomic E-state index is 0.0333. The first-order chi connectivity index (χ1) is 9.65. The molecular formula is C17H14BrFO. The Morgan fingerprint density at radius 2 is 1.95 bits per heavy atom. The smallest absolute Gasteiger partial charge is 0.167 e. The first-order valence-corrected chi connectivity index (χ1v) is 7.52. The van der Waals surface area contributed by atoms with Crippen molar-refractivity contribution >= 4 is 21.7 Å². The number of rotatable bonds is 3. The molecule has 0 aromatic heterocycles. The zero-order valence-electron chi connectivity index (χ0n) is 11.0. The summed E-state index contributed by atoms with van der Waals surface area (Å²) in [5.41, 5.74) is 4.06. The predicted molar refractivity (Wildman–Crippen MR) is 80.6 cm³/mol. The third-order valence-electron chi connectivity index (χ3n) is 3.80. The minimum atomic E-state index is -0.329. The van der Waals surface area contributed by atoms with Gasteiger partial charge in [-0.15, -0.1) is 0 Å². The molecule has 3 heteroatoms. The Labute approximate surface area is 126 Å². The number of halogens is 2. The largest absolute Gasteiger partial charge is 0.294 e. The van der Waals surface area contributed by atoms with E-state index < -0.39 is 0 Å². The van der Waals surface area contributed by atoms with Gasteiger partial charge >= 0.3 is 0 Å². The number of carbonyl (C=O) groups excluding carboxylic acids is 1. The van der Waals surface area contributed by atoms with Crippen LogP contribution in [-0.2, 0) is 19.3 Å². The average Bonchev–Trinajstić information content (AvgIpc) is 2.91. The van der Waals surface area contributed by atoms with Crippen LogP contribution < -0.4 is 0 Å². The van der Waals surface area contributed by atoms with E-state index in [9.17, 15) is 9.18 Å². The monoisotopic (exact) mass is 332 g/mol. The van der Waals surface area contributed by atoms with Crippen molar-refractivity contribution in [3.8, 4) is 0 Å². The second-order valence-electron chi connectivity index (χ2n) is 5.15. The summed E-state index contributed by atoms with van der Waals surface area (Å²) in [5.74, 6) is -0.296. The van der Waals surface area contributed by atoms with Gasteiger partial charge < -0.3 is 0 Å². The molecule has 0 atom stereocenters. The summed E-state index contributed by atoms with van der Waals surface area (Å²) in [7, 11) is 0. The van der Waals surface area contributed by atoms with Crippen molar-refractivity contribution in [3.63, 3.8) is 0 Å². The van der Waals surface area contributed by atoms with Crippen LogP contribution in [0, 0.1) is 5.82 Å². The maximum absolute atomic E-state index is 13.5. The molecule has 2 aromatic carbocycles. The van der Waals surface area contributed by atoms with Crippen molar-refractivity contribution in [1.29, 1.82) is 0 Å². The SMILES string of the molecule is O=C(Cc1cccc(F)c1Br)c1ccc2c(c1)CCC2. The first-order valence-electron chi connectivity index (χ1n) is 6.73. The highest BCUT2D eigenvalue weighted by Gasteiger charge is 2.15. The fourth-order valence-electron chi connectivity index (χ4n) is 2.71. The van der Waals surface area contributed by atoms with E-state index in [0.29, 0.717) is 10.0 Å². The van der Waals surface area contributed by atoms with Crippen molar-refractivity contribution in [2.24, 2.45) is 0 Å². The lowest BCUT2D eigenvalue weighted by atomic mass is 9.99. The molecule has 0 N–H and O–H groups in total. The third-order valence-corrected chi connectivity index (χ3v) is 4.69. The molecule has 0 saturated heterocycles. The minimum Gasteiger partial charge on any atom is -0.294 e. The van der Waals surface area contributed by atoms with Crippen LogP contribution in [0.25, 0.3) is 0 Å². The van der Waals surface area contributed by atoms with Crippen LogP contribution in [0.3, 0.4) is 0 Å². The highest BCUT2D eigenvalue weighted by Crippen LogP contribution is 2.25. The highest BCUT2D eigenvalue weighted by atomic mass is 79.9. The Morgan fingerprint density at radius 3 is 2.80 bits per heavy atom. The number of hydrogen-bond acceptors (Lipinski definition) is 1. The molecule has 2 aromatic rings. The number of fused-ring (bicyclic) bond motifs is 1. The van der Waals surface area contributed by atoms with E-state index in [-0.39, 0.29) is 18.0 Å². The normalized spacial score (nSPS) is 13.3. The van der Waals surface area contributed by atoms with Gasteiger partial charge in [-0.25, -0.2) is 4.39 Å². The summed E-state index contributed by atoms with van der Waals surface area (Å²) in [6.07, 6.45) is 3.55. The van der Waals surface area contributed by atoms with Gasteiger partial charge in [-0.2, -0.15) is 0 Å². The molecule has 0 spiro atoms. The summed E-state index contributed by atoms with van der Waals surface area (Å²) in [4.78, 5) is 12.3. The van der Waals surface area contributed by atoms with Crippen molar-refractivity contribution < 1.29 is 9.18 Å². The van der Waals surface area contributed by atoms with E-state index in [1.54, 1.807) is 12.1 Å². The van der Waals surface area contributed by atoms with E-state index in [0.717, 1.165) is 18.4 Å². The number of benzene rings is 2. The Kier molecular flexibility index (Phi) is 3.70. The fraction of sp³-hybridized carbons (Fsp3) is 0.235. The molecule has 0 unspecified atom stereocenters. The molecule has 1 aliphatic carbocycles. The van der Waals surface area contributed by atoms with Gasteiger partial charge in [0.05, 0.1) is 4.47 Å². The maximum atomic E-state index is 13.5. The number of hydrogen-bond donors (Lipinski definition) is 0. The molecule has 3 rings (SSSR count). The van der Waals surface area contributed by atoms with Crippen LogP contribution in [-0.4, -0.2) is 5.78 Å². The van der Waals surface area contributed by atoms with Gasteiger partial charge in [-0.1, -0.05) is 24.3 Å². The zero-order chi connectivity index (χ0) is 14.1. The Morgan fingerprint density at radius 1 is 1.15 bits per heavy atom. The van der Waals surface area contributed by atoms with Crippen LogP contribution in [0.2, 0.25) is 0 Å². The molecule has 20 heavy (non-hydrogen) atoms. The van der Waals surface area contributed by atoms with Gasteiger partial charge in [0.1, 0.15) is 5.82 Å². The fourth-order valence-corrected chi connectivity index (χ4v) is 3.11. The van der Waals surface area contributed by atoms with Gasteiger partial charge in [0.25, 0.3) is 0 Å². The summed E-state index contributed by atoms with van der Waals surface area (Å²) < 4.78 is 13.8. The lowest BCUT2D eigenvalue weighted by molar-refractivity contribution is 0.0992. The lowest BCUT2D eigenvalue weighted by Gasteiger charge is -2.07. The number of Topliss-reactive ketones (excluding diaryl/α,β-unsaturated/α-hetero) is 1. The van der Waals surface area contributed by atoms with Crippen LogP contribution in [0.5, 0.6) is 0 Å². The lowest BCUT2D eigenvalue weighted by Crippen LogP contribution is -2.05. The van der Waals surface area contributed by atoms with Crippen LogP contribution >= 0.6 is 15.9 Å². The second-order valence-corrected chi connectivity index (χ2v) is 5.94. The molecule has 1 aliphatic rings. The molecule has 102 valence electrons. The highest BCUT2D eigenvalue weighted by molar-refractivity contribution is 9.10. The van der Waals surface area contributed by atoms with Crippen LogP contribution in [0.15, 0.2) is 40.9 Å². The quantitative estimate of drug-likeness (QED) is 0.756. The zero-order valence-corrected chi connectivity index (χ0v) is 12.5. The molecule has 0 bridgehead atoms. The molecule has 1 nitrogen and oxygen atoms in total. The van der Waals surface area contributed by atoms with Gasteiger partial charge in [-0.3, -0.25) is 4.79 Å². The topological polar surface area (TPSA) is 17.1 Å².